The molecule has 0 aliphatic carbocycles. The standard InChI is InChI=1S/C20H22N2O4/c1-15-4-8-18(9-5-15)26-13-3-2-12-21-19-10-7-17(22(24)25)14-16(19)6-11-20(21)23/h4-5,7-10,14H,2-3,6,11-13H2,1H3. The Hall–Kier alpha value is -2.89. The van der Waals surface area contributed by atoms with E-state index in [0.29, 0.717) is 26.0 Å². The van der Waals surface area contributed by atoms with Crippen LogP contribution in [0.25, 0.3) is 0 Å². The lowest BCUT2D eigenvalue weighted by Gasteiger charge is -2.29. The number of rotatable bonds is 7. The molecule has 0 saturated heterocycles. The van der Waals surface area contributed by atoms with Crippen LogP contribution < -0.4 is 9.64 Å². The largest absolute Gasteiger partial charge is 0.494 e. The van der Waals surface area contributed by atoms with Crippen LogP contribution in [0.5, 0.6) is 5.75 Å². The molecule has 0 saturated carbocycles. The number of carbonyl (C=O) groups is 1. The molecule has 0 aromatic heterocycles. The minimum Gasteiger partial charge on any atom is -0.494 e. The Balaban J connectivity index is 1.54. The van der Waals surface area contributed by atoms with Crippen molar-refractivity contribution in [1.82, 2.24) is 0 Å². The van der Waals surface area contributed by atoms with Crippen LogP contribution in [-0.2, 0) is 11.2 Å². The van der Waals surface area contributed by atoms with E-state index in [-0.39, 0.29) is 11.6 Å². The van der Waals surface area contributed by atoms with Gasteiger partial charge < -0.3 is 9.64 Å². The number of benzene rings is 2. The Bertz CT molecular complexity index is 802. The van der Waals surface area contributed by atoms with Gasteiger partial charge in [-0.3, -0.25) is 14.9 Å². The van der Waals surface area contributed by atoms with Crippen LogP contribution in [0.2, 0.25) is 0 Å². The number of nitrogens with zero attached hydrogens (tertiary/aromatic N) is 2. The van der Waals surface area contributed by atoms with Crippen molar-refractivity contribution in [3.63, 3.8) is 0 Å². The molecule has 6 heteroatoms. The Labute approximate surface area is 152 Å². The smallest absolute Gasteiger partial charge is 0.269 e. The average Bonchev–Trinajstić information content (AvgIpc) is 2.64. The number of nitro groups is 1. The normalized spacial score (nSPS) is 13.4. The molecule has 0 unspecified atom stereocenters. The van der Waals surface area contributed by atoms with Gasteiger partial charge in [-0.1, -0.05) is 17.7 Å². The van der Waals surface area contributed by atoms with Gasteiger partial charge in [0.1, 0.15) is 5.75 Å². The highest BCUT2D eigenvalue weighted by atomic mass is 16.6. The first-order valence-electron chi connectivity index (χ1n) is 8.82. The quantitative estimate of drug-likeness (QED) is 0.427. The van der Waals surface area contributed by atoms with E-state index in [1.165, 1.54) is 11.6 Å². The fourth-order valence-corrected chi connectivity index (χ4v) is 3.10. The van der Waals surface area contributed by atoms with Crippen molar-refractivity contribution in [3.05, 3.63) is 63.7 Å². The maximum absolute atomic E-state index is 12.3. The molecular formula is C20H22N2O4. The number of non-ortho nitro benzene ring substituents is 1. The zero-order valence-corrected chi connectivity index (χ0v) is 14.8. The van der Waals surface area contributed by atoms with E-state index < -0.39 is 4.92 Å². The van der Waals surface area contributed by atoms with E-state index in [9.17, 15) is 14.9 Å². The molecule has 2 aromatic carbocycles. The minimum absolute atomic E-state index is 0.0737. The zero-order valence-electron chi connectivity index (χ0n) is 14.8. The summed E-state index contributed by atoms with van der Waals surface area (Å²) in [5.41, 5.74) is 2.94. The number of unbranched alkanes of at least 4 members (excludes halogenated alkanes) is 1. The highest BCUT2D eigenvalue weighted by molar-refractivity contribution is 5.96. The fourth-order valence-electron chi connectivity index (χ4n) is 3.10. The van der Waals surface area contributed by atoms with Gasteiger partial charge in [-0.15, -0.1) is 0 Å². The molecule has 6 nitrogen and oxygen atoms in total. The third kappa shape index (κ3) is 4.20. The number of hydrogen-bond donors (Lipinski definition) is 0. The van der Waals surface area contributed by atoms with Gasteiger partial charge in [-0.2, -0.15) is 0 Å². The summed E-state index contributed by atoms with van der Waals surface area (Å²) in [6.45, 7) is 3.23. The lowest BCUT2D eigenvalue weighted by molar-refractivity contribution is -0.384. The van der Waals surface area contributed by atoms with E-state index in [0.717, 1.165) is 29.8 Å². The van der Waals surface area contributed by atoms with Crippen molar-refractivity contribution < 1.29 is 14.5 Å². The lowest BCUT2D eigenvalue weighted by Crippen LogP contribution is -2.36. The monoisotopic (exact) mass is 354 g/mol. The Morgan fingerprint density at radius 2 is 1.88 bits per heavy atom. The van der Waals surface area contributed by atoms with E-state index in [4.69, 9.17) is 4.74 Å². The summed E-state index contributed by atoms with van der Waals surface area (Å²) in [5, 5.41) is 10.9. The van der Waals surface area contributed by atoms with Crippen LogP contribution in [0.4, 0.5) is 11.4 Å². The van der Waals surface area contributed by atoms with Gasteiger partial charge in [0.15, 0.2) is 0 Å². The molecule has 0 atom stereocenters. The van der Waals surface area contributed by atoms with E-state index >= 15 is 0 Å². The van der Waals surface area contributed by atoms with Crippen molar-refractivity contribution in [3.8, 4) is 5.75 Å². The van der Waals surface area contributed by atoms with Crippen LogP contribution in [0.3, 0.4) is 0 Å². The van der Waals surface area contributed by atoms with Gasteiger partial charge in [-0.05, 0) is 49.9 Å². The highest BCUT2D eigenvalue weighted by Gasteiger charge is 2.25. The summed E-state index contributed by atoms with van der Waals surface area (Å²) in [5.74, 6) is 0.924. The molecule has 0 fully saturated rings. The summed E-state index contributed by atoms with van der Waals surface area (Å²) >= 11 is 0. The van der Waals surface area contributed by atoms with Gasteiger partial charge >= 0.3 is 0 Å². The molecule has 1 amide bonds. The fraction of sp³-hybridized carbons (Fsp3) is 0.350. The molecule has 0 spiro atoms. The third-order valence-electron chi connectivity index (χ3n) is 4.54. The Morgan fingerprint density at radius 3 is 2.62 bits per heavy atom. The van der Waals surface area contributed by atoms with Gasteiger partial charge in [0.05, 0.1) is 11.5 Å². The Kier molecular flexibility index (Phi) is 5.51. The predicted molar refractivity (Wildman–Crippen MR) is 99.7 cm³/mol. The molecule has 0 bridgehead atoms. The van der Waals surface area contributed by atoms with E-state index in [1.54, 1.807) is 17.0 Å². The maximum atomic E-state index is 12.3. The molecule has 0 N–H and O–H groups in total. The summed E-state index contributed by atoms with van der Waals surface area (Å²) in [6, 6.07) is 12.7. The number of hydrogen-bond acceptors (Lipinski definition) is 4. The average molecular weight is 354 g/mol. The lowest BCUT2D eigenvalue weighted by atomic mass is 10.00. The molecule has 1 aliphatic heterocycles. The first-order valence-corrected chi connectivity index (χ1v) is 8.82. The van der Waals surface area contributed by atoms with Crippen molar-refractivity contribution in [2.24, 2.45) is 0 Å². The van der Waals surface area contributed by atoms with Crippen LogP contribution in [0, 0.1) is 17.0 Å². The summed E-state index contributed by atoms with van der Waals surface area (Å²) in [7, 11) is 0. The van der Waals surface area contributed by atoms with Gasteiger partial charge in [0.25, 0.3) is 5.69 Å². The summed E-state index contributed by atoms with van der Waals surface area (Å²) in [6.07, 6.45) is 2.60. The molecule has 1 aliphatic rings. The van der Waals surface area contributed by atoms with Crippen molar-refractivity contribution in [2.45, 2.75) is 32.6 Å². The second kappa shape index (κ2) is 7.99. The minimum atomic E-state index is -0.399. The Morgan fingerprint density at radius 1 is 1.12 bits per heavy atom. The highest BCUT2D eigenvalue weighted by Crippen LogP contribution is 2.31. The molecule has 1 heterocycles. The number of carbonyl (C=O) groups excluding carboxylic acids is 1. The number of aryl methyl sites for hydroxylation is 2. The molecule has 136 valence electrons. The van der Waals surface area contributed by atoms with E-state index in [2.05, 4.69) is 0 Å². The second-order valence-corrected chi connectivity index (χ2v) is 6.48. The molecule has 2 aromatic rings. The first kappa shape index (κ1) is 17.9. The predicted octanol–water partition coefficient (Wildman–Crippen LogP) is 4.04. The van der Waals surface area contributed by atoms with Crippen LogP contribution >= 0.6 is 0 Å². The molecular weight excluding hydrogens is 332 g/mol. The van der Waals surface area contributed by atoms with Crippen molar-refractivity contribution in [2.75, 3.05) is 18.1 Å². The summed E-state index contributed by atoms with van der Waals surface area (Å²) < 4.78 is 5.71. The number of anilines is 1. The van der Waals surface area contributed by atoms with Crippen LogP contribution in [-0.4, -0.2) is 24.0 Å². The number of ether oxygens (including phenoxy) is 1. The van der Waals surface area contributed by atoms with E-state index in [1.807, 2.05) is 31.2 Å². The van der Waals surface area contributed by atoms with Gasteiger partial charge in [0.2, 0.25) is 5.91 Å². The second-order valence-electron chi connectivity index (χ2n) is 6.48. The molecule has 26 heavy (non-hydrogen) atoms. The SMILES string of the molecule is Cc1ccc(OCCCCN2C(=O)CCc3cc([N+](=O)[O-])ccc32)cc1. The number of amides is 1. The maximum Gasteiger partial charge on any atom is 0.269 e. The van der Waals surface area contributed by atoms with Gasteiger partial charge in [-0.25, -0.2) is 0 Å². The summed E-state index contributed by atoms with van der Waals surface area (Å²) in [4.78, 5) is 24.5. The van der Waals surface area contributed by atoms with Crippen molar-refractivity contribution >= 4 is 17.3 Å². The zero-order chi connectivity index (χ0) is 18.5. The number of nitro benzene ring substituents is 1. The topological polar surface area (TPSA) is 72.7 Å². The van der Waals surface area contributed by atoms with Crippen LogP contribution in [0.1, 0.15) is 30.4 Å². The van der Waals surface area contributed by atoms with Crippen LogP contribution in [0.15, 0.2) is 42.5 Å². The first-order chi connectivity index (χ1) is 12.5. The van der Waals surface area contributed by atoms with Crippen molar-refractivity contribution in [1.29, 1.82) is 0 Å². The molecule has 3 rings (SSSR count). The molecule has 0 radical (unpaired) electrons. The van der Waals surface area contributed by atoms with Gasteiger partial charge in [0, 0.05) is 30.8 Å². The number of fused-ring (bicyclic) bond motifs is 1. The third-order valence-corrected chi connectivity index (χ3v) is 4.54.